The average molecular weight is 296 g/mol. The Morgan fingerprint density at radius 3 is 3.15 bits per heavy atom. The van der Waals surface area contributed by atoms with Gasteiger partial charge in [-0.3, -0.25) is 4.79 Å². The lowest BCUT2D eigenvalue weighted by atomic mass is 9.87. The second kappa shape index (κ2) is 7.62. The highest BCUT2D eigenvalue weighted by atomic mass is 32.1. The molecule has 4 nitrogen and oxygen atoms in total. The maximum absolute atomic E-state index is 11.3. The molecule has 0 amide bonds. The molecule has 5 heteroatoms. The number of esters is 1. The molecule has 0 saturated heterocycles. The molecule has 0 radical (unpaired) electrons. The van der Waals surface area contributed by atoms with Crippen LogP contribution in [0.15, 0.2) is 5.38 Å². The summed E-state index contributed by atoms with van der Waals surface area (Å²) in [6.07, 6.45) is 6.20. The van der Waals surface area contributed by atoms with Crippen molar-refractivity contribution >= 4 is 22.4 Å². The van der Waals surface area contributed by atoms with Crippen LogP contribution < -0.4 is 5.32 Å². The SMILES string of the molecule is CCOC(=O)CCc1csc(NC2CCCC(C)C2)n1. The van der Waals surface area contributed by atoms with Crippen molar-refractivity contribution in [1.29, 1.82) is 0 Å². The number of thiazole rings is 1. The molecule has 1 aromatic rings. The quantitative estimate of drug-likeness (QED) is 0.814. The number of hydrogen-bond donors (Lipinski definition) is 1. The van der Waals surface area contributed by atoms with Gasteiger partial charge in [-0.05, 0) is 25.7 Å². The molecule has 1 saturated carbocycles. The molecular weight excluding hydrogens is 272 g/mol. The van der Waals surface area contributed by atoms with Gasteiger partial charge in [0.15, 0.2) is 5.13 Å². The molecule has 20 heavy (non-hydrogen) atoms. The van der Waals surface area contributed by atoms with Crippen molar-refractivity contribution in [3.8, 4) is 0 Å². The van der Waals surface area contributed by atoms with Crippen molar-refractivity contribution in [1.82, 2.24) is 4.98 Å². The average Bonchev–Trinajstić information content (AvgIpc) is 2.84. The number of aryl methyl sites for hydroxylation is 1. The highest BCUT2D eigenvalue weighted by Crippen LogP contribution is 2.27. The van der Waals surface area contributed by atoms with Crippen molar-refractivity contribution in [2.24, 2.45) is 5.92 Å². The molecule has 0 spiro atoms. The van der Waals surface area contributed by atoms with Crippen molar-refractivity contribution in [2.45, 2.75) is 58.4 Å². The summed E-state index contributed by atoms with van der Waals surface area (Å²) < 4.78 is 4.92. The van der Waals surface area contributed by atoms with Gasteiger partial charge in [0, 0.05) is 17.8 Å². The lowest BCUT2D eigenvalue weighted by molar-refractivity contribution is -0.143. The molecule has 112 valence electrons. The summed E-state index contributed by atoms with van der Waals surface area (Å²) in [5.41, 5.74) is 0.981. The van der Waals surface area contributed by atoms with Crippen LogP contribution in [0.25, 0.3) is 0 Å². The van der Waals surface area contributed by atoms with Crippen molar-refractivity contribution in [3.05, 3.63) is 11.1 Å². The van der Waals surface area contributed by atoms with Gasteiger partial charge in [0.1, 0.15) is 0 Å². The summed E-state index contributed by atoms with van der Waals surface area (Å²) in [6, 6.07) is 0.558. The highest BCUT2D eigenvalue weighted by molar-refractivity contribution is 7.13. The zero-order valence-corrected chi connectivity index (χ0v) is 13.2. The van der Waals surface area contributed by atoms with E-state index in [1.807, 2.05) is 12.3 Å². The number of aromatic nitrogens is 1. The fourth-order valence-electron chi connectivity index (χ4n) is 2.69. The summed E-state index contributed by atoms with van der Waals surface area (Å²) in [4.78, 5) is 15.9. The minimum atomic E-state index is -0.142. The number of carbonyl (C=O) groups excluding carboxylic acids is 1. The summed E-state index contributed by atoms with van der Waals surface area (Å²) in [5, 5.41) is 6.56. The summed E-state index contributed by atoms with van der Waals surface area (Å²) >= 11 is 1.64. The fraction of sp³-hybridized carbons (Fsp3) is 0.733. The van der Waals surface area contributed by atoms with Gasteiger partial charge in [0.25, 0.3) is 0 Å². The van der Waals surface area contributed by atoms with Gasteiger partial charge in [-0.25, -0.2) is 4.98 Å². The summed E-state index contributed by atoms with van der Waals surface area (Å²) in [7, 11) is 0. The Hall–Kier alpha value is -1.10. The molecule has 0 bridgehead atoms. The first-order valence-electron chi connectivity index (χ1n) is 7.54. The molecule has 2 rings (SSSR count). The van der Waals surface area contributed by atoms with E-state index in [2.05, 4.69) is 17.2 Å². The molecule has 0 aromatic carbocycles. The third-order valence-electron chi connectivity index (χ3n) is 3.71. The Labute approximate surface area is 124 Å². The van der Waals surface area contributed by atoms with E-state index < -0.39 is 0 Å². The number of rotatable bonds is 6. The van der Waals surface area contributed by atoms with E-state index in [0.29, 0.717) is 25.5 Å². The second-order valence-corrected chi connectivity index (χ2v) is 6.42. The third kappa shape index (κ3) is 4.78. The normalized spacial score (nSPS) is 22.5. The van der Waals surface area contributed by atoms with Crippen LogP contribution >= 0.6 is 11.3 Å². The third-order valence-corrected chi connectivity index (χ3v) is 4.53. The van der Waals surface area contributed by atoms with Gasteiger partial charge < -0.3 is 10.1 Å². The Morgan fingerprint density at radius 1 is 1.55 bits per heavy atom. The van der Waals surface area contributed by atoms with Crippen LogP contribution in [0.5, 0.6) is 0 Å². The van der Waals surface area contributed by atoms with Gasteiger partial charge in [0.05, 0.1) is 18.7 Å². The van der Waals surface area contributed by atoms with Crippen molar-refractivity contribution in [2.75, 3.05) is 11.9 Å². The fourth-order valence-corrected chi connectivity index (χ4v) is 3.51. The minimum Gasteiger partial charge on any atom is -0.466 e. The maximum atomic E-state index is 11.3. The van der Waals surface area contributed by atoms with Gasteiger partial charge in [0.2, 0.25) is 0 Å². The number of hydrogen-bond acceptors (Lipinski definition) is 5. The molecule has 1 heterocycles. The van der Waals surface area contributed by atoms with Crippen LogP contribution in [0.3, 0.4) is 0 Å². The van der Waals surface area contributed by atoms with Crippen LogP contribution in [-0.4, -0.2) is 23.6 Å². The summed E-state index contributed by atoms with van der Waals surface area (Å²) in [6.45, 7) is 4.59. The molecule has 0 aliphatic heterocycles. The number of carbonyl (C=O) groups is 1. The zero-order chi connectivity index (χ0) is 14.4. The van der Waals surface area contributed by atoms with Gasteiger partial charge in [-0.2, -0.15) is 0 Å². The van der Waals surface area contributed by atoms with Crippen LogP contribution in [-0.2, 0) is 16.0 Å². The topological polar surface area (TPSA) is 51.2 Å². The Morgan fingerprint density at radius 2 is 2.40 bits per heavy atom. The number of anilines is 1. The van der Waals surface area contributed by atoms with Crippen LogP contribution in [0.1, 0.15) is 51.6 Å². The van der Waals surface area contributed by atoms with Gasteiger partial charge in [-0.1, -0.05) is 19.8 Å². The molecule has 1 fully saturated rings. The zero-order valence-electron chi connectivity index (χ0n) is 12.4. The van der Waals surface area contributed by atoms with E-state index in [9.17, 15) is 4.79 Å². The van der Waals surface area contributed by atoms with Crippen molar-refractivity contribution in [3.63, 3.8) is 0 Å². The molecule has 2 unspecified atom stereocenters. The van der Waals surface area contributed by atoms with E-state index in [-0.39, 0.29) is 5.97 Å². The van der Waals surface area contributed by atoms with E-state index in [1.165, 1.54) is 25.7 Å². The van der Waals surface area contributed by atoms with Crippen molar-refractivity contribution < 1.29 is 9.53 Å². The smallest absolute Gasteiger partial charge is 0.306 e. The Balaban J connectivity index is 1.78. The molecule has 2 atom stereocenters. The van der Waals surface area contributed by atoms with Crippen LogP contribution in [0.2, 0.25) is 0 Å². The van der Waals surface area contributed by atoms with Crippen LogP contribution in [0.4, 0.5) is 5.13 Å². The van der Waals surface area contributed by atoms with E-state index in [4.69, 9.17) is 4.74 Å². The number of nitrogens with one attached hydrogen (secondary N) is 1. The predicted octanol–water partition coefficient (Wildman–Crippen LogP) is 3.63. The molecule has 1 N–H and O–H groups in total. The largest absolute Gasteiger partial charge is 0.466 e. The lowest BCUT2D eigenvalue weighted by Gasteiger charge is -2.27. The maximum Gasteiger partial charge on any atom is 0.306 e. The van der Waals surface area contributed by atoms with Gasteiger partial charge in [-0.15, -0.1) is 11.3 Å². The van der Waals surface area contributed by atoms with E-state index in [0.717, 1.165) is 16.7 Å². The predicted molar refractivity (Wildman–Crippen MR) is 82.1 cm³/mol. The lowest BCUT2D eigenvalue weighted by Crippen LogP contribution is -2.26. The minimum absolute atomic E-state index is 0.142. The van der Waals surface area contributed by atoms with Crippen LogP contribution in [0, 0.1) is 5.92 Å². The molecule has 1 aliphatic carbocycles. The summed E-state index contributed by atoms with van der Waals surface area (Å²) in [5.74, 6) is 0.667. The van der Waals surface area contributed by atoms with Gasteiger partial charge >= 0.3 is 5.97 Å². The monoisotopic (exact) mass is 296 g/mol. The molecular formula is C15H24N2O2S. The first kappa shape index (κ1) is 15.3. The Bertz CT molecular complexity index is 433. The number of ether oxygens (including phenoxy) is 1. The first-order chi connectivity index (χ1) is 9.67. The molecule has 1 aliphatic rings. The number of nitrogens with zero attached hydrogens (tertiary/aromatic N) is 1. The molecule has 1 aromatic heterocycles. The highest BCUT2D eigenvalue weighted by Gasteiger charge is 2.19. The standard InChI is InChI=1S/C15H24N2O2S/c1-3-19-14(18)8-7-13-10-20-15(17-13)16-12-6-4-5-11(2)9-12/h10-12H,3-9H2,1-2H3,(H,16,17). The van der Waals surface area contributed by atoms with E-state index >= 15 is 0 Å². The Kier molecular flexibility index (Phi) is 5.83. The second-order valence-electron chi connectivity index (χ2n) is 5.56. The first-order valence-corrected chi connectivity index (χ1v) is 8.42. The van der Waals surface area contributed by atoms with E-state index in [1.54, 1.807) is 11.3 Å².